The summed E-state index contributed by atoms with van der Waals surface area (Å²) in [5.74, 6) is 0. The molecule has 3 N–H and O–H groups in total. The molecule has 0 aromatic carbocycles. The van der Waals surface area contributed by atoms with Crippen molar-refractivity contribution in [3.8, 4) is 0 Å². The molecule has 114 valence electrons. The Kier molecular flexibility index (Phi) is 7.14. The van der Waals surface area contributed by atoms with Crippen LogP contribution in [-0.4, -0.2) is 42.3 Å². The summed E-state index contributed by atoms with van der Waals surface area (Å²) in [5.41, 5.74) is -0.617. The zero-order chi connectivity index (χ0) is 15.1. The van der Waals surface area contributed by atoms with Crippen LogP contribution in [0.4, 0.5) is 18.0 Å². The Balaban J connectivity index is 3.64. The molecule has 19 heavy (non-hydrogen) atoms. The van der Waals surface area contributed by atoms with Gasteiger partial charge in [0.1, 0.15) is 11.8 Å². The summed E-state index contributed by atoms with van der Waals surface area (Å²) >= 11 is 0. The fourth-order valence-electron chi connectivity index (χ4n) is 1.11. The molecule has 0 saturated heterocycles. The summed E-state index contributed by atoms with van der Waals surface area (Å²) in [6, 6.07) is 0. The van der Waals surface area contributed by atoms with Crippen molar-refractivity contribution in [2.24, 2.45) is 0 Å². The zero-order valence-corrected chi connectivity index (χ0v) is 11.3. The van der Waals surface area contributed by atoms with E-state index in [4.69, 9.17) is 4.74 Å². The first-order chi connectivity index (χ1) is 8.49. The Morgan fingerprint density at radius 1 is 1.26 bits per heavy atom. The number of hydrogen-bond donors (Lipinski definition) is 3. The zero-order valence-electron chi connectivity index (χ0n) is 11.3. The number of carbonyl (C=O) groups is 1. The average molecular weight is 286 g/mol. The van der Waals surface area contributed by atoms with Gasteiger partial charge in [0.15, 0.2) is 0 Å². The monoisotopic (exact) mass is 286 g/mol. The van der Waals surface area contributed by atoms with Gasteiger partial charge in [-0.2, -0.15) is 13.2 Å². The molecular formula is C11H21F3N2O3. The molecule has 0 aromatic heterocycles. The van der Waals surface area contributed by atoms with E-state index in [0.717, 1.165) is 0 Å². The van der Waals surface area contributed by atoms with Gasteiger partial charge in [-0.15, -0.1) is 0 Å². The van der Waals surface area contributed by atoms with Gasteiger partial charge in [0.05, 0.1) is 6.42 Å². The summed E-state index contributed by atoms with van der Waals surface area (Å²) < 4.78 is 40.4. The lowest BCUT2D eigenvalue weighted by molar-refractivity contribution is -0.134. The number of aliphatic hydroxyl groups is 1. The molecule has 0 aliphatic heterocycles. The Morgan fingerprint density at radius 3 is 2.32 bits per heavy atom. The van der Waals surface area contributed by atoms with Gasteiger partial charge in [0, 0.05) is 19.5 Å². The third kappa shape index (κ3) is 13.2. The normalized spacial score (nSPS) is 14.1. The molecule has 1 atom stereocenters. The minimum atomic E-state index is -4.25. The number of aliphatic hydroxyl groups excluding tert-OH is 1. The van der Waals surface area contributed by atoms with Crippen molar-refractivity contribution in [3.05, 3.63) is 0 Å². The van der Waals surface area contributed by atoms with Gasteiger partial charge >= 0.3 is 12.3 Å². The van der Waals surface area contributed by atoms with Crippen LogP contribution < -0.4 is 10.6 Å². The van der Waals surface area contributed by atoms with Crippen LogP contribution in [0.1, 0.15) is 33.6 Å². The lowest BCUT2D eigenvalue weighted by atomic mass is 10.2. The van der Waals surface area contributed by atoms with Gasteiger partial charge in [-0.3, -0.25) is 5.32 Å². The second-order valence-corrected chi connectivity index (χ2v) is 5.05. The van der Waals surface area contributed by atoms with Crippen LogP contribution in [0.15, 0.2) is 0 Å². The Bertz CT molecular complexity index is 277. The van der Waals surface area contributed by atoms with E-state index in [1.165, 1.54) is 0 Å². The van der Waals surface area contributed by atoms with Crippen molar-refractivity contribution in [2.45, 2.75) is 51.6 Å². The van der Waals surface area contributed by atoms with Crippen LogP contribution in [0.3, 0.4) is 0 Å². The minimum Gasteiger partial charge on any atom is -0.444 e. The van der Waals surface area contributed by atoms with E-state index in [1.807, 2.05) is 0 Å². The SMILES string of the molecule is CC(C)(C)OC(=O)NCCC(O)NCCC(F)(F)F. The largest absolute Gasteiger partial charge is 0.444 e. The third-order valence-corrected chi connectivity index (χ3v) is 1.87. The molecule has 0 bridgehead atoms. The van der Waals surface area contributed by atoms with E-state index in [0.29, 0.717) is 0 Å². The quantitative estimate of drug-likeness (QED) is 0.651. The number of carbonyl (C=O) groups excluding carboxylic acids is 1. The van der Waals surface area contributed by atoms with Gasteiger partial charge in [-0.25, -0.2) is 4.79 Å². The summed E-state index contributed by atoms with van der Waals surface area (Å²) in [6.45, 7) is 4.87. The molecule has 0 rings (SSSR count). The number of ether oxygens (including phenoxy) is 1. The first kappa shape index (κ1) is 18.0. The van der Waals surface area contributed by atoms with Crippen molar-refractivity contribution in [1.29, 1.82) is 0 Å². The highest BCUT2D eigenvalue weighted by Crippen LogP contribution is 2.18. The van der Waals surface area contributed by atoms with E-state index >= 15 is 0 Å². The number of alkyl halides is 3. The highest BCUT2D eigenvalue weighted by atomic mass is 19.4. The van der Waals surface area contributed by atoms with Crippen LogP contribution >= 0.6 is 0 Å². The van der Waals surface area contributed by atoms with Gasteiger partial charge in [0.25, 0.3) is 0 Å². The fraction of sp³-hybridized carbons (Fsp3) is 0.909. The predicted octanol–water partition coefficient (Wildman–Crippen LogP) is 1.76. The van der Waals surface area contributed by atoms with Gasteiger partial charge in [-0.1, -0.05) is 0 Å². The molecule has 0 saturated carbocycles. The summed E-state index contributed by atoms with van der Waals surface area (Å²) in [6.07, 6.45) is -6.89. The number of amides is 1. The molecular weight excluding hydrogens is 265 g/mol. The molecule has 0 heterocycles. The van der Waals surface area contributed by atoms with E-state index in [1.54, 1.807) is 20.8 Å². The van der Waals surface area contributed by atoms with Gasteiger partial charge in [-0.05, 0) is 20.8 Å². The number of rotatable bonds is 6. The standard InChI is InChI=1S/C11H21F3N2O3/c1-10(2,3)19-9(18)16-6-4-8(17)15-7-5-11(12,13)14/h8,15,17H,4-7H2,1-3H3,(H,16,18). The average Bonchev–Trinajstić information content (AvgIpc) is 2.12. The second-order valence-electron chi connectivity index (χ2n) is 5.05. The number of alkyl carbamates (subject to hydrolysis) is 1. The van der Waals surface area contributed by atoms with Crippen LogP contribution in [0.25, 0.3) is 0 Å². The molecule has 5 nitrogen and oxygen atoms in total. The summed E-state index contributed by atoms with van der Waals surface area (Å²) in [5, 5.41) is 14.0. The Hall–Kier alpha value is -1.02. The van der Waals surface area contributed by atoms with E-state index in [9.17, 15) is 23.1 Å². The highest BCUT2D eigenvalue weighted by Gasteiger charge is 2.26. The molecule has 1 amide bonds. The maximum Gasteiger partial charge on any atom is 0.407 e. The second kappa shape index (κ2) is 7.54. The van der Waals surface area contributed by atoms with Crippen LogP contribution in [0.2, 0.25) is 0 Å². The summed E-state index contributed by atoms with van der Waals surface area (Å²) in [7, 11) is 0. The highest BCUT2D eigenvalue weighted by molar-refractivity contribution is 5.67. The molecule has 0 fully saturated rings. The van der Waals surface area contributed by atoms with Crippen molar-refractivity contribution in [3.63, 3.8) is 0 Å². The minimum absolute atomic E-state index is 0.0943. The van der Waals surface area contributed by atoms with Crippen LogP contribution in [0, 0.1) is 0 Å². The van der Waals surface area contributed by atoms with Crippen molar-refractivity contribution in [2.75, 3.05) is 13.1 Å². The van der Waals surface area contributed by atoms with Crippen molar-refractivity contribution in [1.82, 2.24) is 10.6 Å². The van der Waals surface area contributed by atoms with Gasteiger partial charge in [0.2, 0.25) is 0 Å². The molecule has 0 aromatic rings. The number of hydrogen-bond acceptors (Lipinski definition) is 4. The molecule has 0 aliphatic carbocycles. The fourth-order valence-corrected chi connectivity index (χ4v) is 1.11. The van der Waals surface area contributed by atoms with E-state index in [-0.39, 0.29) is 19.5 Å². The third-order valence-electron chi connectivity index (χ3n) is 1.87. The molecule has 1 unspecified atom stereocenters. The maximum atomic E-state index is 11.8. The number of halogens is 3. The Morgan fingerprint density at radius 2 is 1.84 bits per heavy atom. The first-order valence-electron chi connectivity index (χ1n) is 5.95. The van der Waals surface area contributed by atoms with E-state index < -0.39 is 30.5 Å². The van der Waals surface area contributed by atoms with Crippen molar-refractivity contribution >= 4 is 6.09 Å². The van der Waals surface area contributed by atoms with Crippen LogP contribution in [-0.2, 0) is 4.74 Å². The lowest BCUT2D eigenvalue weighted by Crippen LogP contribution is -2.37. The summed E-state index contributed by atoms with van der Waals surface area (Å²) in [4.78, 5) is 11.2. The van der Waals surface area contributed by atoms with Gasteiger partial charge < -0.3 is 15.2 Å². The molecule has 0 spiro atoms. The first-order valence-corrected chi connectivity index (χ1v) is 5.95. The Labute approximate surface area is 110 Å². The number of nitrogens with one attached hydrogen (secondary N) is 2. The molecule has 0 radical (unpaired) electrons. The maximum absolute atomic E-state index is 11.8. The van der Waals surface area contributed by atoms with E-state index in [2.05, 4.69) is 10.6 Å². The molecule has 0 aliphatic rings. The van der Waals surface area contributed by atoms with Crippen molar-refractivity contribution < 1.29 is 27.8 Å². The smallest absolute Gasteiger partial charge is 0.407 e. The predicted molar refractivity (Wildman–Crippen MR) is 63.5 cm³/mol. The topological polar surface area (TPSA) is 70.6 Å². The lowest BCUT2D eigenvalue weighted by Gasteiger charge is -2.20. The molecule has 8 heteroatoms. The van der Waals surface area contributed by atoms with Crippen LogP contribution in [0.5, 0.6) is 0 Å².